The number of ether oxygens (including phenoxy) is 2. The molecule has 0 aromatic rings. The first-order chi connectivity index (χ1) is 18.8. The van der Waals surface area contributed by atoms with E-state index in [9.17, 15) is 28.8 Å². The van der Waals surface area contributed by atoms with E-state index in [1.54, 1.807) is 0 Å². The van der Waals surface area contributed by atoms with Gasteiger partial charge in [-0.1, -0.05) is 39.8 Å². The zero-order valence-corrected chi connectivity index (χ0v) is 23.2. The summed E-state index contributed by atoms with van der Waals surface area (Å²) in [5, 5.41) is 0. The summed E-state index contributed by atoms with van der Waals surface area (Å²) in [5.74, 6) is -6.75. The highest BCUT2D eigenvalue weighted by Crippen LogP contribution is 2.68. The maximum Gasteiger partial charge on any atom is 0.324 e. The third-order valence-electron chi connectivity index (χ3n) is 9.25. The van der Waals surface area contributed by atoms with Crippen LogP contribution in [0.2, 0.25) is 0 Å². The second kappa shape index (κ2) is 10.4. The van der Waals surface area contributed by atoms with Crippen molar-refractivity contribution in [3.05, 3.63) is 12.2 Å². The predicted octanol–water partition coefficient (Wildman–Crippen LogP) is -0.00120. The molecule has 40 heavy (non-hydrogen) atoms. The van der Waals surface area contributed by atoms with Crippen molar-refractivity contribution in [3.8, 4) is 0 Å². The van der Waals surface area contributed by atoms with Crippen molar-refractivity contribution >= 4 is 35.6 Å². The Morgan fingerprint density at radius 1 is 0.675 bits per heavy atom. The molecule has 0 radical (unpaired) electrons. The third-order valence-corrected chi connectivity index (χ3v) is 9.25. The molecule has 4 N–H and O–H groups in total. The van der Waals surface area contributed by atoms with Crippen LogP contribution < -0.4 is 11.5 Å². The third kappa shape index (κ3) is 4.36. The highest BCUT2D eigenvalue weighted by atomic mass is 16.6. The van der Waals surface area contributed by atoms with Gasteiger partial charge in [0.05, 0.1) is 23.7 Å². The zero-order chi connectivity index (χ0) is 29.2. The van der Waals surface area contributed by atoms with E-state index in [4.69, 9.17) is 20.9 Å². The Balaban J connectivity index is 1.26. The highest BCUT2D eigenvalue weighted by molar-refractivity contribution is 6.09. The lowest BCUT2D eigenvalue weighted by Crippen LogP contribution is -2.63. The first-order valence-corrected chi connectivity index (χ1v) is 14.1. The second-order valence-electron chi connectivity index (χ2n) is 12.7. The van der Waals surface area contributed by atoms with Crippen molar-refractivity contribution in [2.75, 3.05) is 13.5 Å². The molecule has 2 saturated heterocycles. The molecule has 0 aromatic heterocycles. The molecule has 2 heterocycles. The minimum Gasteiger partial charge on any atom is -0.443 e. The molecule has 2 saturated carbocycles. The van der Waals surface area contributed by atoms with E-state index in [0.29, 0.717) is 12.8 Å². The van der Waals surface area contributed by atoms with Gasteiger partial charge in [0.25, 0.3) is 0 Å². The van der Waals surface area contributed by atoms with E-state index in [1.807, 2.05) is 39.8 Å². The summed E-state index contributed by atoms with van der Waals surface area (Å²) in [6.45, 7) is 6.67. The number of hydrogen-bond donors (Lipinski definition) is 2. The number of rotatable bonds is 10. The summed E-state index contributed by atoms with van der Waals surface area (Å²) in [5.41, 5.74) is 11.7. The lowest BCUT2D eigenvalue weighted by atomic mass is 9.40. The lowest BCUT2D eigenvalue weighted by Gasteiger charge is -2.60. The molecule has 2 aliphatic heterocycles. The van der Waals surface area contributed by atoms with Crippen molar-refractivity contribution in [2.45, 2.75) is 52.6 Å². The Kier molecular flexibility index (Phi) is 7.37. The molecule has 4 aliphatic carbocycles. The summed E-state index contributed by atoms with van der Waals surface area (Å²) in [6, 6.07) is -1.70. The van der Waals surface area contributed by atoms with E-state index in [-0.39, 0.29) is 23.7 Å². The van der Waals surface area contributed by atoms with Gasteiger partial charge in [-0.05, 0) is 48.3 Å². The minimum atomic E-state index is -0.853. The average molecular weight is 559 g/mol. The smallest absolute Gasteiger partial charge is 0.324 e. The van der Waals surface area contributed by atoms with Crippen LogP contribution in [0.5, 0.6) is 0 Å². The second-order valence-corrected chi connectivity index (χ2v) is 12.7. The number of esters is 2. The summed E-state index contributed by atoms with van der Waals surface area (Å²) in [6.07, 6.45) is 4.59. The maximum absolute atomic E-state index is 13.4. The molecule has 0 spiro atoms. The first-order valence-electron chi connectivity index (χ1n) is 14.1. The fourth-order valence-electron chi connectivity index (χ4n) is 7.66. The monoisotopic (exact) mass is 558 g/mol. The quantitative estimate of drug-likeness (QED) is 0.210. The molecule has 6 rings (SSSR count). The van der Waals surface area contributed by atoms with Crippen molar-refractivity contribution in [1.29, 1.82) is 0 Å². The molecule has 2 bridgehead atoms. The van der Waals surface area contributed by atoms with E-state index < -0.39 is 96.6 Å². The summed E-state index contributed by atoms with van der Waals surface area (Å²) in [7, 11) is 0. The Morgan fingerprint density at radius 3 is 1.32 bits per heavy atom. The number of imide groups is 2. The molecule has 10 atom stereocenters. The molecule has 0 aromatic carbocycles. The molecular formula is C28H38N4O8. The molecule has 4 amide bonds. The van der Waals surface area contributed by atoms with E-state index >= 15 is 0 Å². The Hall–Kier alpha value is -3.12. The number of fused-ring (bicyclic) bond motifs is 1. The topological polar surface area (TPSA) is 179 Å². The number of likely N-dealkylation sites (tertiary alicyclic amines) is 2. The normalized spacial score (nSPS) is 35.1. The number of nitrogens with zero attached hydrogens (tertiary/aromatic N) is 2. The summed E-state index contributed by atoms with van der Waals surface area (Å²) in [4.78, 5) is 80.0. The van der Waals surface area contributed by atoms with Gasteiger partial charge in [-0.15, -0.1) is 0 Å². The van der Waals surface area contributed by atoms with Gasteiger partial charge in [0.2, 0.25) is 23.6 Å². The fourth-order valence-corrected chi connectivity index (χ4v) is 7.66. The van der Waals surface area contributed by atoms with Crippen LogP contribution in [0.3, 0.4) is 0 Å². The number of carbonyl (C=O) groups excluding carboxylic acids is 6. The molecule has 218 valence electrons. The van der Waals surface area contributed by atoms with Gasteiger partial charge in [-0.3, -0.25) is 28.8 Å². The van der Waals surface area contributed by atoms with Gasteiger partial charge < -0.3 is 20.9 Å². The van der Waals surface area contributed by atoms with E-state index in [2.05, 4.69) is 0 Å². The molecule has 4 fully saturated rings. The van der Waals surface area contributed by atoms with Gasteiger partial charge in [0, 0.05) is 0 Å². The van der Waals surface area contributed by atoms with Crippen molar-refractivity contribution in [3.63, 3.8) is 0 Å². The van der Waals surface area contributed by atoms with Crippen LogP contribution in [0.15, 0.2) is 12.2 Å². The lowest BCUT2D eigenvalue weighted by molar-refractivity contribution is -0.166. The summed E-state index contributed by atoms with van der Waals surface area (Å²) >= 11 is 0. The standard InChI is InChI=1S/C28H38N4O8/c1-11(2)7-15(29)27(37)39-9-31-23(33)19-13-5-6-14(20(19)24(31)34)18-17(13)21-22(18)26(36)32(25(21)35)10-40-28(38)16(30)8-12(3)4/h5-6,11-22H,7-10,29-30H2,1-4H3/t13-,14-,15-,16-,17-,18-,19+,20+,21-,22-/m1/s1. The molecular weight excluding hydrogens is 520 g/mol. The van der Waals surface area contributed by atoms with Crippen LogP contribution in [-0.4, -0.2) is 70.9 Å². The van der Waals surface area contributed by atoms with Crippen molar-refractivity contribution in [2.24, 2.45) is 70.6 Å². The van der Waals surface area contributed by atoms with Gasteiger partial charge in [0.1, 0.15) is 12.1 Å². The van der Waals surface area contributed by atoms with E-state index in [1.165, 1.54) is 0 Å². The predicted molar refractivity (Wildman–Crippen MR) is 138 cm³/mol. The number of carbonyl (C=O) groups is 6. The van der Waals surface area contributed by atoms with Gasteiger partial charge in [-0.25, -0.2) is 9.80 Å². The molecule has 12 nitrogen and oxygen atoms in total. The van der Waals surface area contributed by atoms with Crippen molar-refractivity contribution in [1.82, 2.24) is 9.80 Å². The Morgan fingerprint density at radius 2 is 1.00 bits per heavy atom. The zero-order valence-electron chi connectivity index (χ0n) is 23.2. The number of nitrogens with two attached hydrogens (primary N) is 2. The minimum absolute atomic E-state index is 0.174. The van der Waals surface area contributed by atoms with Crippen LogP contribution in [0, 0.1) is 59.2 Å². The van der Waals surface area contributed by atoms with Crippen LogP contribution in [0.1, 0.15) is 40.5 Å². The van der Waals surface area contributed by atoms with Gasteiger partial charge >= 0.3 is 11.9 Å². The fraction of sp³-hybridized carbons (Fsp3) is 0.714. The number of amides is 4. The molecule has 0 unspecified atom stereocenters. The van der Waals surface area contributed by atoms with Gasteiger partial charge in [-0.2, -0.15) is 0 Å². The van der Waals surface area contributed by atoms with Crippen LogP contribution in [0.25, 0.3) is 0 Å². The van der Waals surface area contributed by atoms with Crippen LogP contribution in [-0.2, 0) is 38.2 Å². The largest absolute Gasteiger partial charge is 0.443 e. The highest BCUT2D eigenvalue weighted by Gasteiger charge is 2.75. The maximum atomic E-state index is 13.4. The Labute approximate surface area is 232 Å². The first kappa shape index (κ1) is 28.4. The van der Waals surface area contributed by atoms with E-state index in [0.717, 1.165) is 9.80 Å². The number of hydrogen-bond acceptors (Lipinski definition) is 10. The SMILES string of the molecule is CC(C)C[C@@H](N)C(=O)OCN1C(=O)[C@H]2[C@@H]3C=C[C@@H]([C@@H]2C1=O)[C@H]1[C@H]2C(=O)N(COC(=O)[C@H](N)CC(C)C)C(=O)[C@@H]2[C@H]31. The molecule has 6 aliphatic rings. The van der Waals surface area contributed by atoms with Crippen molar-refractivity contribution < 1.29 is 38.2 Å². The number of allylic oxidation sites excluding steroid dienone is 2. The average Bonchev–Trinajstić information content (AvgIpc) is 3.23. The molecule has 12 heteroatoms. The summed E-state index contributed by atoms with van der Waals surface area (Å²) < 4.78 is 10.5. The Bertz CT molecular complexity index is 1110. The van der Waals surface area contributed by atoms with Crippen LogP contribution in [0.4, 0.5) is 0 Å². The van der Waals surface area contributed by atoms with Gasteiger partial charge in [0.15, 0.2) is 13.5 Å². The van der Waals surface area contributed by atoms with Crippen LogP contribution >= 0.6 is 0 Å².